The van der Waals surface area contributed by atoms with Crippen molar-refractivity contribution in [2.45, 2.75) is 13.3 Å². The van der Waals surface area contributed by atoms with Gasteiger partial charge in [0, 0.05) is 12.6 Å². The van der Waals surface area contributed by atoms with Gasteiger partial charge < -0.3 is 10.1 Å². The van der Waals surface area contributed by atoms with Crippen LogP contribution < -0.4 is 21.3 Å². The number of hydrazine groups is 1. The van der Waals surface area contributed by atoms with Crippen molar-refractivity contribution in [2.75, 3.05) is 19.0 Å². The summed E-state index contributed by atoms with van der Waals surface area (Å²) < 4.78 is 4.96. The highest BCUT2D eigenvalue weighted by atomic mass is 16.5. The van der Waals surface area contributed by atoms with Crippen LogP contribution in [0.25, 0.3) is 0 Å². The van der Waals surface area contributed by atoms with Crippen LogP contribution in [0.15, 0.2) is 23.3 Å². The van der Waals surface area contributed by atoms with Crippen molar-refractivity contribution in [3.8, 4) is 5.88 Å². The van der Waals surface area contributed by atoms with Crippen LogP contribution in [0.1, 0.15) is 13.3 Å². The summed E-state index contributed by atoms with van der Waals surface area (Å²) in [5.74, 6) is 6.42. The molecule has 0 radical (unpaired) electrons. The predicted octanol–water partition coefficient (Wildman–Crippen LogP) is 0.731. The van der Waals surface area contributed by atoms with E-state index in [4.69, 9.17) is 10.6 Å². The Morgan fingerprint density at radius 3 is 2.88 bits per heavy atom. The molecule has 0 atom stereocenters. The minimum absolute atomic E-state index is 0.522. The van der Waals surface area contributed by atoms with Gasteiger partial charge in [0.05, 0.1) is 19.0 Å². The molecule has 1 rings (SSSR count). The van der Waals surface area contributed by atoms with Crippen molar-refractivity contribution in [1.82, 2.24) is 10.4 Å². The topological polar surface area (TPSA) is 84.6 Å². The van der Waals surface area contributed by atoms with Crippen LogP contribution in [0.4, 0.5) is 5.69 Å². The SMILES string of the molecule is CCCN=C(NN)Nc1ccc(OC)nc1. The zero-order chi connectivity index (χ0) is 11.8. The first-order valence-electron chi connectivity index (χ1n) is 5.08. The molecule has 0 saturated heterocycles. The van der Waals surface area contributed by atoms with E-state index in [2.05, 4.69) is 20.7 Å². The Morgan fingerprint density at radius 1 is 1.56 bits per heavy atom. The van der Waals surface area contributed by atoms with Crippen LogP contribution in [0.3, 0.4) is 0 Å². The molecule has 0 saturated carbocycles. The maximum Gasteiger partial charge on any atom is 0.213 e. The average Bonchev–Trinajstić information content (AvgIpc) is 2.35. The first kappa shape index (κ1) is 12.3. The molecule has 6 heteroatoms. The smallest absolute Gasteiger partial charge is 0.213 e. The maximum absolute atomic E-state index is 5.33. The molecule has 0 bridgehead atoms. The second kappa shape index (κ2) is 6.62. The van der Waals surface area contributed by atoms with Gasteiger partial charge >= 0.3 is 0 Å². The average molecular weight is 223 g/mol. The maximum atomic E-state index is 5.33. The minimum atomic E-state index is 0.522. The number of rotatable bonds is 4. The van der Waals surface area contributed by atoms with Gasteiger partial charge in [-0.3, -0.25) is 10.4 Å². The van der Waals surface area contributed by atoms with Gasteiger partial charge in [-0.25, -0.2) is 10.8 Å². The highest BCUT2D eigenvalue weighted by Gasteiger charge is 1.98. The lowest BCUT2D eigenvalue weighted by Gasteiger charge is -2.08. The summed E-state index contributed by atoms with van der Waals surface area (Å²) in [7, 11) is 1.57. The zero-order valence-corrected chi connectivity index (χ0v) is 9.53. The number of anilines is 1. The summed E-state index contributed by atoms with van der Waals surface area (Å²) in [6.45, 7) is 2.77. The molecule has 1 aromatic rings. The Bertz CT molecular complexity index is 336. The Hall–Kier alpha value is -1.82. The first-order valence-corrected chi connectivity index (χ1v) is 5.08. The first-order chi connectivity index (χ1) is 7.80. The van der Waals surface area contributed by atoms with Gasteiger partial charge in [-0.2, -0.15) is 0 Å². The zero-order valence-electron chi connectivity index (χ0n) is 9.53. The fraction of sp³-hybridized carbons (Fsp3) is 0.400. The predicted molar refractivity (Wildman–Crippen MR) is 64.3 cm³/mol. The van der Waals surface area contributed by atoms with Crippen molar-refractivity contribution < 1.29 is 4.74 Å². The molecular formula is C10H17N5O. The van der Waals surface area contributed by atoms with Gasteiger partial charge in [0.1, 0.15) is 0 Å². The molecule has 0 aliphatic rings. The molecule has 0 spiro atoms. The van der Waals surface area contributed by atoms with E-state index < -0.39 is 0 Å². The molecule has 0 aliphatic carbocycles. The molecule has 88 valence electrons. The number of guanidine groups is 1. The Kier molecular flexibility index (Phi) is 5.07. The van der Waals surface area contributed by atoms with Crippen molar-refractivity contribution >= 4 is 11.6 Å². The van der Waals surface area contributed by atoms with Crippen LogP contribution >= 0.6 is 0 Å². The second-order valence-electron chi connectivity index (χ2n) is 3.09. The standard InChI is InChI=1S/C10H17N5O/c1-3-6-12-10(15-11)14-8-4-5-9(16-2)13-7-8/h4-5,7H,3,6,11H2,1-2H3,(H2,12,14,15). The molecule has 0 unspecified atom stereocenters. The van der Waals surface area contributed by atoms with E-state index in [1.807, 2.05) is 13.0 Å². The highest BCUT2D eigenvalue weighted by Crippen LogP contribution is 2.10. The summed E-state index contributed by atoms with van der Waals surface area (Å²) in [5, 5.41) is 3.01. The number of nitrogens with one attached hydrogen (secondary N) is 2. The molecule has 1 aromatic heterocycles. The van der Waals surface area contributed by atoms with Gasteiger partial charge in [0.2, 0.25) is 11.8 Å². The fourth-order valence-corrected chi connectivity index (χ4v) is 1.06. The second-order valence-corrected chi connectivity index (χ2v) is 3.09. The monoisotopic (exact) mass is 223 g/mol. The van der Waals surface area contributed by atoms with Gasteiger partial charge in [0.15, 0.2) is 0 Å². The van der Waals surface area contributed by atoms with Gasteiger partial charge in [-0.1, -0.05) is 6.92 Å². The van der Waals surface area contributed by atoms with E-state index in [9.17, 15) is 0 Å². The van der Waals surface area contributed by atoms with E-state index in [0.717, 1.165) is 18.7 Å². The molecule has 4 N–H and O–H groups in total. The highest BCUT2D eigenvalue weighted by molar-refractivity contribution is 5.93. The van der Waals surface area contributed by atoms with Crippen LogP contribution in [0.2, 0.25) is 0 Å². The van der Waals surface area contributed by atoms with Gasteiger partial charge in [0.25, 0.3) is 0 Å². The number of aromatic nitrogens is 1. The van der Waals surface area contributed by atoms with Crippen molar-refractivity contribution in [3.05, 3.63) is 18.3 Å². The van der Waals surface area contributed by atoms with E-state index in [-0.39, 0.29) is 0 Å². The number of nitrogens with zero attached hydrogens (tertiary/aromatic N) is 2. The van der Waals surface area contributed by atoms with Crippen LogP contribution in [0, 0.1) is 0 Å². The van der Waals surface area contributed by atoms with E-state index in [1.165, 1.54) is 0 Å². The number of ether oxygens (including phenoxy) is 1. The summed E-state index contributed by atoms with van der Waals surface area (Å²) in [6.07, 6.45) is 2.62. The van der Waals surface area contributed by atoms with E-state index in [0.29, 0.717) is 11.8 Å². The number of hydrogen-bond acceptors (Lipinski definition) is 4. The third-order valence-corrected chi connectivity index (χ3v) is 1.84. The molecule has 0 fully saturated rings. The number of pyridine rings is 1. The van der Waals surface area contributed by atoms with E-state index in [1.54, 1.807) is 19.4 Å². The van der Waals surface area contributed by atoms with Crippen LogP contribution in [-0.2, 0) is 0 Å². The van der Waals surface area contributed by atoms with Crippen molar-refractivity contribution in [1.29, 1.82) is 0 Å². The summed E-state index contributed by atoms with van der Waals surface area (Å²) >= 11 is 0. The van der Waals surface area contributed by atoms with Crippen LogP contribution in [-0.4, -0.2) is 24.6 Å². The number of aliphatic imine (C=N–C) groups is 1. The third kappa shape index (κ3) is 3.74. The Balaban J connectivity index is 2.63. The number of nitrogens with two attached hydrogens (primary N) is 1. The molecule has 0 aromatic carbocycles. The lowest BCUT2D eigenvalue weighted by atomic mass is 10.4. The third-order valence-electron chi connectivity index (χ3n) is 1.84. The molecule has 6 nitrogen and oxygen atoms in total. The fourth-order valence-electron chi connectivity index (χ4n) is 1.06. The summed E-state index contributed by atoms with van der Waals surface area (Å²) in [4.78, 5) is 8.27. The summed E-state index contributed by atoms with van der Waals surface area (Å²) in [6, 6.07) is 3.60. The Morgan fingerprint density at radius 2 is 2.38 bits per heavy atom. The minimum Gasteiger partial charge on any atom is -0.481 e. The Labute approximate surface area is 94.9 Å². The number of hydrogen-bond donors (Lipinski definition) is 3. The molecular weight excluding hydrogens is 206 g/mol. The quantitative estimate of drug-likeness (QED) is 0.303. The van der Waals surface area contributed by atoms with E-state index >= 15 is 0 Å². The van der Waals surface area contributed by atoms with Gasteiger partial charge in [-0.05, 0) is 12.5 Å². The molecule has 0 aliphatic heterocycles. The lowest BCUT2D eigenvalue weighted by Crippen LogP contribution is -2.36. The van der Waals surface area contributed by atoms with Crippen molar-refractivity contribution in [2.24, 2.45) is 10.8 Å². The summed E-state index contributed by atoms with van der Waals surface area (Å²) in [5.41, 5.74) is 3.29. The van der Waals surface area contributed by atoms with Crippen molar-refractivity contribution in [3.63, 3.8) is 0 Å². The normalized spacial score (nSPS) is 11.1. The van der Waals surface area contributed by atoms with Gasteiger partial charge in [-0.15, -0.1) is 0 Å². The number of methoxy groups -OCH3 is 1. The van der Waals surface area contributed by atoms with Crippen LogP contribution in [0.5, 0.6) is 5.88 Å². The largest absolute Gasteiger partial charge is 0.481 e. The lowest BCUT2D eigenvalue weighted by molar-refractivity contribution is 0.398. The molecule has 16 heavy (non-hydrogen) atoms. The molecule has 1 heterocycles. The molecule has 0 amide bonds.